The Kier molecular flexibility index (Phi) is 5.76. The average Bonchev–Trinajstić information content (AvgIpc) is 3.04. The number of ether oxygens (including phenoxy) is 2. The maximum Gasteiger partial charge on any atom is 0.246 e. The number of benzene rings is 2. The van der Waals surface area contributed by atoms with Crippen LogP contribution in [0.5, 0.6) is 11.5 Å². The zero-order chi connectivity index (χ0) is 19.2. The third-order valence-corrected chi connectivity index (χ3v) is 4.17. The van der Waals surface area contributed by atoms with Crippen molar-refractivity contribution in [2.75, 3.05) is 13.7 Å². The van der Waals surface area contributed by atoms with Gasteiger partial charge in [0, 0.05) is 5.57 Å². The van der Waals surface area contributed by atoms with Crippen LogP contribution >= 0.6 is 0 Å². The molecule has 6 nitrogen and oxygen atoms in total. The van der Waals surface area contributed by atoms with Crippen LogP contribution in [0.2, 0.25) is 0 Å². The summed E-state index contributed by atoms with van der Waals surface area (Å²) >= 11 is 0. The summed E-state index contributed by atoms with van der Waals surface area (Å²) in [6.07, 6.45) is 0. The second-order valence-electron chi connectivity index (χ2n) is 6.13. The van der Waals surface area contributed by atoms with E-state index in [4.69, 9.17) is 9.47 Å². The number of hydrogen-bond acceptors (Lipinski definition) is 4. The first-order valence-corrected chi connectivity index (χ1v) is 8.74. The van der Waals surface area contributed by atoms with Crippen molar-refractivity contribution in [3.05, 3.63) is 66.5 Å². The number of imidazole rings is 1. The van der Waals surface area contributed by atoms with Gasteiger partial charge in [-0.2, -0.15) is 0 Å². The zero-order valence-corrected chi connectivity index (χ0v) is 15.6. The number of nitrogens with one attached hydrogen (secondary N) is 1. The molecule has 0 radical (unpaired) electrons. The smallest absolute Gasteiger partial charge is 0.246 e. The molecule has 1 amide bonds. The number of carbonyl (C=O) groups excluding carboxylic acids is 1. The lowest BCUT2D eigenvalue weighted by molar-refractivity contribution is -0.117. The Morgan fingerprint density at radius 3 is 2.59 bits per heavy atom. The SMILES string of the molecule is C=C(C)C(=O)NCc1nc2ccccc2n1CCOc1ccccc1OC. The van der Waals surface area contributed by atoms with Gasteiger partial charge < -0.3 is 19.4 Å². The van der Waals surface area contributed by atoms with E-state index in [0.29, 0.717) is 36.8 Å². The minimum absolute atomic E-state index is 0.182. The lowest BCUT2D eigenvalue weighted by Gasteiger charge is -2.13. The molecule has 1 aromatic heterocycles. The van der Waals surface area contributed by atoms with Crippen LogP contribution < -0.4 is 14.8 Å². The molecule has 0 bridgehead atoms. The molecule has 140 valence electrons. The number of fused-ring (bicyclic) bond motifs is 1. The van der Waals surface area contributed by atoms with Crippen molar-refractivity contribution in [3.63, 3.8) is 0 Å². The molecule has 2 aromatic carbocycles. The van der Waals surface area contributed by atoms with E-state index in [-0.39, 0.29) is 5.91 Å². The van der Waals surface area contributed by atoms with Crippen molar-refractivity contribution in [3.8, 4) is 11.5 Å². The van der Waals surface area contributed by atoms with Gasteiger partial charge in [0.1, 0.15) is 12.4 Å². The van der Waals surface area contributed by atoms with Gasteiger partial charge in [-0.3, -0.25) is 4.79 Å². The molecule has 0 saturated carbocycles. The van der Waals surface area contributed by atoms with Crippen molar-refractivity contribution in [2.24, 2.45) is 0 Å². The first kappa shape index (κ1) is 18.5. The van der Waals surface area contributed by atoms with E-state index in [1.165, 1.54) is 0 Å². The Morgan fingerprint density at radius 2 is 1.85 bits per heavy atom. The molecule has 0 atom stereocenters. The molecule has 0 saturated heterocycles. The maximum atomic E-state index is 11.8. The molecule has 0 aliphatic heterocycles. The number of aromatic nitrogens is 2. The molecule has 0 aliphatic rings. The molecule has 1 N–H and O–H groups in total. The van der Waals surface area contributed by atoms with Crippen LogP contribution in [-0.4, -0.2) is 29.2 Å². The Labute approximate surface area is 158 Å². The Hall–Kier alpha value is -3.28. The predicted octanol–water partition coefficient (Wildman–Crippen LogP) is 3.32. The summed E-state index contributed by atoms with van der Waals surface area (Å²) in [5.41, 5.74) is 2.35. The summed E-state index contributed by atoms with van der Waals surface area (Å²) in [6.45, 7) is 6.71. The quantitative estimate of drug-likeness (QED) is 0.622. The monoisotopic (exact) mass is 365 g/mol. The van der Waals surface area contributed by atoms with Crippen molar-refractivity contribution in [1.82, 2.24) is 14.9 Å². The Bertz CT molecular complexity index is 962. The standard InChI is InChI=1S/C21H23N3O3/c1-15(2)21(25)22-14-20-23-16-8-4-5-9-17(16)24(20)12-13-27-19-11-7-6-10-18(19)26-3/h4-11H,1,12-14H2,2-3H3,(H,22,25). The van der Waals surface area contributed by atoms with Gasteiger partial charge in [-0.1, -0.05) is 30.8 Å². The zero-order valence-electron chi connectivity index (χ0n) is 15.6. The van der Waals surface area contributed by atoms with Gasteiger partial charge >= 0.3 is 0 Å². The van der Waals surface area contributed by atoms with Gasteiger partial charge in [0.2, 0.25) is 5.91 Å². The van der Waals surface area contributed by atoms with Gasteiger partial charge in [0.25, 0.3) is 0 Å². The van der Waals surface area contributed by atoms with Gasteiger partial charge in [-0.25, -0.2) is 4.98 Å². The van der Waals surface area contributed by atoms with Gasteiger partial charge in [-0.15, -0.1) is 0 Å². The molecule has 0 unspecified atom stereocenters. The topological polar surface area (TPSA) is 65.4 Å². The molecule has 27 heavy (non-hydrogen) atoms. The Balaban J connectivity index is 1.76. The largest absolute Gasteiger partial charge is 0.493 e. The highest BCUT2D eigenvalue weighted by Crippen LogP contribution is 2.26. The molecular weight excluding hydrogens is 342 g/mol. The molecule has 1 heterocycles. The molecule has 3 aromatic rings. The molecule has 0 aliphatic carbocycles. The van der Waals surface area contributed by atoms with E-state index in [1.807, 2.05) is 48.5 Å². The lowest BCUT2D eigenvalue weighted by Crippen LogP contribution is -2.25. The number of para-hydroxylation sites is 4. The van der Waals surface area contributed by atoms with E-state index in [0.717, 1.165) is 16.9 Å². The second kappa shape index (κ2) is 8.40. The summed E-state index contributed by atoms with van der Waals surface area (Å²) in [5, 5.41) is 2.84. The summed E-state index contributed by atoms with van der Waals surface area (Å²) in [7, 11) is 1.62. The molecule has 6 heteroatoms. The normalized spacial score (nSPS) is 10.6. The molecular formula is C21H23N3O3. The van der Waals surface area contributed by atoms with Crippen molar-refractivity contribution >= 4 is 16.9 Å². The predicted molar refractivity (Wildman–Crippen MR) is 105 cm³/mol. The minimum atomic E-state index is -0.182. The highest BCUT2D eigenvalue weighted by molar-refractivity contribution is 5.92. The van der Waals surface area contributed by atoms with E-state index >= 15 is 0 Å². The molecule has 3 rings (SSSR count). The summed E-state index contributed by atoms with van der Waals surface area (Å²) < 4.78 is 13.3. The maximum absolute atomic E-state index is 11.8. The van der Waals surface area contributed by atoms with Gasteiger partial charge in [-0.05, 0) is 31.2 Å². The number of amides is 1. The van der Waals surface area contributed by atoms with E-state index in [2.05, 4.69) is 21.4 Å². The third-order valence-electron chi connectivity index (χ3n) is 4.17. The van der Waals surface area contributed by atoms with Crippen LogP contribution in [0.25, 0.3) is 11.0 Å². The van der Waals surface area contributed by atoms with Gasteiger partial charge in [0.05, 0.1) is 31.2 Å². The molecule has 0 spiro atoms. The second-order valence-corrected chi connectivity index (χ2v) is 6.13. The van der Waals surface area contributed by atoms with Crippen LogP contribution in [0.4, 0.5) is 0 Å². The van der Waals surface area contributed by atoms with E-state index in [9.17, 15) is 4.79 Å². The number of methoxy groups -OCH3 is 1. The van der Waals surface area contributed by atoms with Gasteiger partial charge in [0.15, 0.2) is 11.5 Å². The van der Waals surface area contributed by atoms with Crippen molar-refractivity contribution in [1.29, 1.82) is 0 Å². The Morgan fingerprint density at radius 1 is 1.15 bits per heavy atom. The fraction of sp³-hybridized carbons (Fsp3) is 0.238. The summed E-state index contributed by atoms with van der Waals surface area (Å²) in [5.74, 6) is 1.98. The van der Waals surface area contributed by atoms with Crippen molar-refractivity contribution in [2.45, 2.75) is 20.0 Å². The van der Waals surface area contributed by atoms with Crippen LogP contribution in [0.15, 0.2) is 60.7 Å². The first-order valence-electron chi connectivity index (χ1n) is 8.74. The first-order chi connectivity index (χ1) is 13.1. The number of rotatable bonds is 8. The van der Waals surface area contributed by atoms with Crippen LogP contribution in [0.3, 0.4) is 0 Å². The number of nitrogens with zero attached hydrogens (tertiary/aromatic N) is 2. The fourth-order valence-electron chi connectivity index (χ4n) is 2.81. The van der Waals surface area contributed by atoms with Crippen molar-refractivity contribution < 1.29 is 14.3 Å². The van der Waals surface area contributed by atoms with Crippen LogP contribution in [0, 0.1) is 0 Å². The van der Waals surface area contributed by atoms with Crippen LogP contribution in [-0.2, 0) is 17.9 Å². The highest BCUT2D eigenvalue weighted by atomic mass is 16.5. The third kappa shape index (κ3) is 4.28. The van der Waals surface area contributed by atoms with E-state index < -0.39 is 0 Å². The number of carbonyl (C=O) groups is 1. The number of hydrogen-bond donors (Lipinski definition) is 1. The molecule has 0 fully saturated rings. The van der Waals surface area contributed by atoms with E-state index in [1.54, 1.807) is 14.0 Å². The highest BCUT2D eigenvalue weighted by Gasteiger charge is 2.12. The summed E-state index contributed by atoms with van der Waals surface area (Å²) in [4.78, 5) is 16.5. The average molecular weight is 365 g/mol. The fourth-order valence-corrected chi connectivity index (χ4v) is 2.81. The lowest BCUT2D eigenvalue weighted by atomic mass is 10.3. The summed E-state index contributed by atoms with van der Waals surface area (Å²) in [6, 6.07) is 15.4. The van der Waals surface area contributed by atoms with Crippen LogP contribution in [0.1, 0.15) is 12.7 Å². The minimum Gasteiger partial charge on any atom is -0.493 e.